The number of aromatic nitrogens is 1. The van der Waals surface area contributed by atoms with Gasteiger partial charge in [0.25, 0.3) is 0 Å². The Bertz CT molecular complexity index is 929. The number of methoxy groups -OCH3 is 1. The Morgan fingerprint density at radius 2 is 2.04 bits per heavy atom. The molecule has 3 nitrogen and oxygen atoms in total. The molecule has 128 valence electrons. The van der Waals surface area contributed by atoms with Crippen LogP contribution in [-0.2, 0) is 18.3 Å². The molecule has 3 heteroatoms. The van der Waals surface area contributed by atoms with Gasteiger partial charge >= 0.3 is 0 Å². The first-order chi connectivity index (χ1) is 12.3. The van der Waals surface area contributed by atoms with Crippen molar-refractivity contribution < 1.29 is 4.74 Å². The molecule has 0 saturated carbocycles. The van der Waals surface area contributed by atoms with Crippen molar-refractivity contribution in [2.75, 3.05) is 20.2 Å². The van der Waals surface area contributed by atoms with Gasteiger partial charge in [0.15, 0.2) is 0 Å². The molecule has 0 spiro atoms. The fourth-order valence-corrected chi connectivity index (χ4v) is 5.10. The standard InChI is InChI=1S/C22H24N2O/c1-25-17-6-4-5-15(11-17)22-9-10-23-14-16(22)12-19-18-7-2-3-8-20(18)24-21(19)13-22/h2-8,11,16,23-24H,9-10,12-14H2,1H3/t16?,22-/m0/s1. The van der Waals surface area contributed by atoms with Crippen molar-refractivity contribution in [3.05, 3.63) is 65.4 Å². The molecule has 3 aromatic rings. The summed E-state index contributed by atoms with van der Waals surface area (Å²) in [6, 6.07) is 17.5. The maximum atomic E-state index is 5.52. The van der Waals surface area contributed by atoms with E-state index in [0.717, 1.165) is 31.7 Å². The summed E-state index contributed by atoms with van der Waals surface area (Å²) in [6.45, 7) is 2.18. The SMILES string of the molecule is COc1cccc([C@@]23CCNCC2Cc2c([nH]c4ccccc24)C3)c1. The number of benzene rings is 2. The van der Waals surface area contributed by atoms with E-state index >= 15 is 0 Å². The number of ether oxygens (including phenoxy) is 1. The number of rotatable bonds is 2. The van der Waals surface area contributed by atoms with Crippen LogP contribution >= 0.6 is 0 Å². The quantitative estimate of drug-likeness (QED) is 0.748. The lowest BCUT2D eigenvalue weighted by Crippen LogP contribution is -2.52. The van der Waals surface area contributed by atoms with E-state index in [0.29, 0.717) is 5.92 Å². The van der Waals surface area contributed by atoms with Gasteiger partial charge in [0.1, 0.15) is 5.75 Å². The van der Waals surface area contributed by atoms with E-state index in [4.69, 9.17) is 4.74 Å². The summed E-state index contributed by atoms with van der Waals surface area (Å²) in [4.78, 5) is 3.72. The van der Waals surface area contributed by atoms with Gasteiger partial charge in [-0.05, 0) is 67.6 Å². The van der Waals surface area contributed by atoms with Gasteiger partial charge in [0.2, 0.25) is 0 Å². The summed E-state index contributed by atoms with van der Waals surface area (Å²) in [5, 5.41) is 5.04. The summed E-state index contributed by atoms with van der Waals surface area (Å²) in [5.74, 6) is 1.59. The zero-order valence-electron chi connectivity index (χ0n) is 14.6. The maximum Gasteiger partial charge on any atom is 0.119 e. The summed E-state index contributed by atoms with van der Waals surface area (Å²) < 4.78 is 5.52. The van der Waals surface area contributed by atoms with Gasteiger partial charge in [0, 0.05) is 22.0 Å². The Hall–Kier alpha value is -2.26. The maximum absolute atomic E-state index is 5.52. The van der Waals surface area contributed by atoms with Crippen molar-refractivity contribution >= 4 is 10.9 Å². The molecule has 2 aromatic carbocycles. The third kappa shape index (κ3) is 2.22. The number of H-pyrrole nitrogens is 1. The minimum Gasteiger partial charge on any atom is -0.497 e. The van der Waals surface area contributed by atoms with E-state index < -0.39 is 0 Å². The predicted molar refractivity (Wildman–Crippen MR) is 101 cm³/mol. The lowest BCUT2D eigenvalue weighted by molar-refractivity contribution is 0.182. The molecule has 1 aliphatic carbocycles. The molecular formula is C22H24N2O. The molecule has 1 aliphatic heterocycles. The molecule has 25 heavy (non-hydrogen) atoms. The lowest BCUT2D eigenvalue weighted by atomic mass is 9.59. The molecule has 1 unspecified atom stereocenters. The first kappa shape index (κ1) is 15.0. The third-order valence-electron chi connectivity index (χ3n) is 6.41. The fraction of sp³-hybridized carbons (Fsp3) is 0.364. The zero-order valence-corrected chi connectivity index (χ0v) is 14.6. The van der Waals surface area contributed by atoms with Crippen LogP contribution in [0.15, 0.2) is 48.5 Å². The fourth-order valence-electron chi connectivity index (χ4n) is 5.10. The van der Waals surface area contributed by atoms with Crippen LogP contribution < -0.4 is 10.1 Å². The smallest absolute Gasteiger partial charge is 0.119 e. The highest BCUT2D eigenvalue weighted by Gasteiger charge is 2.46. The molecule has 0 bridgehead atoms. The van der Waals surface area contributed by atoms with Crippen molar-refractivity contribution in [2.45, 2.75) is 24.7 Å². The third-order valence-corrected chi connectivity index (χ3v) is 6.41. The van der Waals surface area contributed by atoms with E-state index in [2.05, 4.69) is 52.8 Å². The Morgan fingerprint density at radius 3 is 2.96 bits per heavy atom. The Morgan fingerprint density at radius 1 is 1.12 bits per heavy atom. The van der Waals surface area contributed by atoms with Gasteiger partial charge in [-0.3, -0.25) is 0 Å². The monoisotopic (exact) mass is 332 g/mol. The topological polar surface area (TPSA) is 37.0 Å². The average molecular weight is 332 g/mol. The Kier molecular flexibility index (Phi) is 3.39. The number of piperidine rings is 1. The number of nitrogens with one attached hydrogen (secondary N) is 2. The molecule has 2 N–H and O–H groups in total. The first-order valence-corrected chi connectivity index (χ1v) is 9.24. The Labute approximate surface area is 148 Å². The molecule has 1 fully saturated rings. The second-order valence-corrected chi connectivity index (χ2v) is 7.55. The highest BCUT2D eigenvalue weighted by Crippen LogP contribution is 2.48. The minimum atomic E-state index is 0.202. The number of para-hydroxylation sites is 1. The molecule has 2 atom stereocenters. The Balaban J connectivity index is 1.66. The van der Waals surface area contributed by atoms with Crippen LogP contribution in [-0.4, -0.2) is 25.2 Å². The summed E-state index contributed by atoms with van der Waals surface area (Å²) in [7, 11) is 1.76. The van der Waals surface area contributed by atoms with E-state index in [1.807, 2.05) is 6.07 Å². The molecule has 1 aromatic heterocycles. The summed E-state index contributed by atoms with van der Waals surface area (Å²) in [5.41, 5.74) is 5.88. The number of hydrogen-bond donors (Lipinski definition) is 2. The van der Waals surface area contributed by atoms with Crippen molar-refractivity contribution in [2.24, 2.45) is 5.92 Å². The van der Waals surface area contributed by atoms with Gasteiger partial charge in [-0.2, -0.15) is 0 Å². The molecule has 0 radical (unpaired) electrons. The predicted octanol–water partition coefficient (Wildman–Crippen LogP) is 3.82. The highest BCUT2D eigenvalue weighted by molar-refractivity contribution is 5.85. The van der Waals surface area contributed by atoms with E-state index in [1.54, 1.807) is 7.11 Å². The highest BCUT2D eigenvalue weighted by atomic mass is 16.5. The number of hydrogen-bond acceptors (Lipinski definition) is 2. The lowest BCUT2D eigenvalue weighted by Gasteiger charge is -2.48. The van der Waals surface area contributed by atoms with Gasteiger partial charge in [-0.1, -0.05) is 30.3 Å². The largest absolute Gasteiger partial charge is 0.497 e. The molecule has 5 rings (SSSR count). The average Bonchev–Trinajstić information content (AvgIpc) is 3.03. The normalized spacial score (nSPS) is 25.4. The first-order valence-electron chi connectivity index (χ1n) is 9.24. The van der Waals surface area contributed by atoms with Crippen molar-refractivity contribution in [3.8, 4) is 5.75 Å². The van der Waals surface area contributed by atoms with E-state index in [9.17, 15) is 0 Å². The van der Waals surface area contributed by atoms with Crippen LogP contribution in [0.3, 0.4) is 0 Å². The number of aromatic amines is 1. The van der Waals surface area contributed by atoms with Crippen molar-refractivity contribution in [3.63, 3.8) is 0 Å². The van der Waals surface area contributed by atoms with Crippen LogP contribution in [0.4, 0.5) is 0 Å². The molecule has 0 amide bonds. The molecular weight excluding hydrogens is 308 g/mol. The molecule has 2 heterocycles. The van der Waals surface area contributed by atoms with Crippen molar-refractivity contribution in [1.29, 1.82) is 0 Å². The van der Waals surface area contributed by atoms with E-state index in [1.165, 1.54) is 34.1 Å². The van der Waals surface area contributed by atoms with Crippen LogP contribution in [0, 0.1) is 5.92 Å². The second-order valence-electron chi connectivity index (χ2n) is 7.55. The van der Waals surface area contributed by atoms with Crippen LogP contribution in [0.1, 0.15) is 23.2 Å². The van der Waals surface area contributed by atoms with Crippen molar-refractivity contribution in [1.82, 2.24) is 10.3 Å². The minimum absolute atomic E-state index is 0.202. The van der Waals surface area contributed by atoms with E-state index in [-0.39, 0.29) is 5.41 Å². The molecule has 1 saturated heterocycles. The van der Waals surface area contributed by atoms with Gasteiger partial charge in [-0.25, -0.2) is 0 Å². The van der Waals surface area contributed by atoms with Gasteiger partial charge in [-0.15, -0.1) is 0 Å². The second kappa shape index (κ2) is 5.63. The summed E-state index contributed by atoms with van der Waals surface area (Å²) in [6.07, 6.45) is 3.42. The van der Waals surface area contributed by atoms with Gasteiger partial charge in [0.05, 0.1) is 7.11 Å². The van der Waals surface area contributed by atoms with Crippen LogP contribution in [0.25, 0.3) is 10.9 Å². The number of fused-ring (bicyclic) bond motifs is 4. The zero-order chi connectivity index (χ0) is 16.9. The van der Waals surface area contributed by atoms with Crippen LogP contribution in [0.2, 0.25) is 0 Å². The van der Waals surface area contributed by atoms with Gasteiger partial charge < -0.3 is 15.0 Å². The van der Waals surface area contributed by atoms with Crippen LogP contribution in [0.5, 0.6) is 5.75 Å². The molecule has 2 aliphatic rings. The summed E-state index contributed by atoms with van der Waals surface area (Å²) >= 11 is 0.